The SMILES string of the molecule is Cc1ccccc1C1CN(CC(=O)Nc2ccc(Cl)c(Cl)c2)CCO1. The Kier molecular flexibility index (Phi) is 5.97. The Balaban J connectivity index is 1.59. The fraction of sp³-hybridized carbons (Fsp3) is 0.316. The Morgan fingerprint density at radius 3 is 2.80 bits per heavy atom. The average Bonchev–Trinajstić information content (AvgIpc) is 2.59. The number of amides is 1. The molecule has 0 radical (unpaired) electrons. The molecule has 0 aliphatic carbocycles. The number of aryl methyl sites for hydroxylation is 1. The highest BCUT2D eigenvalue weighted by atomic mass is 35.5. The second-order valence-corrected chi connectivity index (χ2v) is 6.94. The van der Waals surface area contributed by atoms with Gasteiger partial charge in [-0.2, -0.15) is 0 Å². The molecular weight excluding hydrogens is 359 g/mol. The standard InChI is InChI=1S/C19H20Cl2N2O2/c1-13-4-2-3-5-15(13)18-11-23(8-9-25-18)12-19(24)22-14-6-7-16(20)17(21)10-14/h2-7,10,18H,8-9,11-12H2,1H3,(H,22,24). The minimum atomic E-state index is -0.0798. The van der Waals surface area contributed by atoms with Crippen molar-refractivity contribution in [3.05, 3.63) is 63.6 Å². The van der Waals surface area contributed by atoms with Crippen molar-refractivity contribution < 1.29 is 9.53 Å². The van der Waals surface area contributed by atoms with Gasteiger partial charge in [-0.1, -0.05) is 47.5 Å². The molecule has 6 heteroatoms. The van der Waals surface area contributed by atoms with E-state index in [0.717, 1.165) is 6.54 Å². The van der Waals surface area contributed by atoms with Crippen LogP contribution in [0, 0.1) is 6.92 Å². The number of nitrogens with zero attached hydrogens (tertiary/aromatic N) is 1. The summed E-state index contributed by atoms with van der Waals surface area (Å²) in [5, 5.41) is 3.75. The zero-order valence-electron chi connectivity index (χ0n) is 14.0. The number of ether oxygens (including phenoxy) is 1. The van der Waals surface area contributed by atoms with Gasteiger partial charge in [0.1, 0.15) is 0 Å². The van der Waals surface area contributed by atoms with Gasteiger partial charge in [-0.25, -0.2) is 0 Å². The molecule has 132 valence electrons. The summed E-state index contributed by atoms with van der Waals surface area (Å²) in [6, 6.07) is 13.3. The third-order valence-corrected chi connectivity index (χ3v) is 5.00. The highest BCUT2D eigenvalue weighted by Gasteiger charge is 2.24. The van der Waals surface area contributed by atoms with Crippen molar-refractivity contribution >= 4 is 34.8 Å². The molecule has 0 saturated carbocycles. The van der Waals surface area contributed by atoms with E-state index in [1.165, 1.54) is 11.1 Å². The molecule has 1 fully saturated rings. The van der Waals surface area contributed by atoms with Crippen LogP contribution < -0.4 is 5.32 Å². The van der Waals surface area contributed by atoms with Crippen molar-refractivity contribution in [3.8, 4) is 0 Å². The van der Waals surface area contributed by atoms with Crippen molar-refractivity contribution in [2.45, 2.75) is 13.0 Å². The maximum Gasteiger partial charge on any atom is 0.238 e. The highest BCUT2D eigenvalue weighted by molar-refractivity contribution is 6.42. The number of hydrogen-bond donors (Lipinski definition) is 1. The highest BCUT2D eigenvalue weighted by Crippen LogP contribution is 2.26. The largest absolute Gasteiger partial charge is 0.371 e. The van der Waals surface area contributed by atoms with Gasteiger partial charge in [0.05, 0.1) is 29.3 Å². The summed E-state index contributed by atoms with van der Waals surface area (Å²) >= 11 is 11.9. The summed E-state index contributed by atoms with van der Waals surface area (Å²) in [6.45, 7) is 4.43. The zero-order valence-corrected chi connectivity index (χ0v) is 15.5. The number of rotatable bonds is 4. The first-order valence-electron chi connectivity index (χ1n) is 8.17. The predicted octanol–water partition coefficient (Wildman–Crippen LogP) is 4.31. The van der Waals surface area contributed by atoms with Crippen molar-refractivity contribution in [3.63, 3.8) is 0 Å². The van der Waals surface area contributed by atoms with Crippen LogP contribution in [0.25, 0.3) is 0 Å². The van der Waals surface area contributed by atoms with Crippen LogP contribution in [0.4, 0.5) is 5.69 Å². The molecule has 2 aromatic carbocycles. The number of nitrogens with one attached hydrogen (secondary N) is 1. The summed E-state index contributed by atoms with van der Waals surface area (Å²) in [5.74, 6) is -0.0798. The van der Waals surface area contributed by atoms with E-state index in [4.69, 9.17) is 27.9 Å². The molecule has 25 heavy (non-hydrogen) atoms. The van der Waals surface area contributed by atoms with E-state index < -0.39 is 0 Å². The van der Waals surface area contributed by atoms with Crippen LogP contribution in [0.1, 0.15) is 17.2 Å². The summed E-state index contributed by atoms with van der Waals surface area (Å²) in [4.78, 5) is 14.4. The number of carbonyl (C=O) groups is 1. The molecule has 1 heterocycles. The first kappa shape index (κ1) is 18.2. The average molecular weight is 379 g/mol. The maximum absolute atomic E-state index is 12.3. The number of morpholine rings is 1. The van der Waals surface area contributed by atoms with Gasteiger partial charge in [0.15, 0.2) is 0 Å². The van der Waals surface area contributed by atoms with Gasteiger partial charge < -0.3 is 10.1 Å². The van der Waals surface area contributed by atoms with Crippen molar-refractivity contribution in [2.75, 3.05) is 31.6 Å². The number of carbonyl (C=O) groups excluding carboxylic acids is 1. The first-order chi connectivity index (χ1) is 12.0. The van der Waals surface area contributed by atoms with Crippen LogP contribution in [0.15, 0.2) is 42.5 Å². The number of benzene rings is 2. The summed E-state index contributed by atoms with van der Waals surface area (Å²) < 4.78 is 5.90. The number of anilines is 1. The molecule has 1 atom stereocenters. The lowest BCUT2D eigenvalue weighted by Gasteiger charge is -2.33. The van der Waals surface area contributed by atoms with Gasteiger partial charge in [0.2, 0.25) is 5.91 Å². The van der Waals surface area contributed by atoms with Gasteiger partial charge in [-0.05, 0) is 36.2 Å². The molecular formula is C19H20Cl2N2O2. The van der Waals surface area contributed by atoms with Crippen molar-refractivity contribution in [1.29, 1.82) is 0 Å². The van der Waals surface area contributed by atoms with E-state index in [-0.39, 0.29) is 12.0 Å². The lowest BCUT2D eigenvalue weighted by atomic mass is 10.0. The molecule has 1 aliphatic heterocycles. The Labute approximate surface area is 157 Å². The number of hydrogen-bond acceptors (Lipinski definition) is 3. The van der Waals surface area contributed by atoms with Crippen molar-refractivity contribution in [2.24, 2.45) is 0 Å². The van der Waals surface area contributed by atoms with E-state index in [1.54, 1.807) is 18.2 Å². The summed E-state index contributed by atoms with van der Waals surface area (Å²) in [5.41, 5.74) is 3.02. The molecule has 2 aromatic rings. The lowest BCUT2D eigenvalue weighted by molar-refractivity contribution is -0.119. The minimum Gasteiger partial charge on any atom is -0.371 e. The van der Waals surface area contributed by atoms with Crippen LogP contribution in [0.5, 0.6) is 0 Å². The monoisotopic (exact) mass is 378 g/mol. The third-order valence-electron chi connectivity index (χ3n) is 4.26. The normalized spacial score (nSPS) is 18.1. The van der Waals surface area contributed by atoms with Crippen LogP contribution in [0.2, 0.25) is 10.0 Å². The Hall–Kier alpha value is -1.59. The van der Waals surface area contributed by atoms with E-state index in [1.807, 2.05) is 12.1 Å². The minimum absolute atomic E-state index is 0.00673. The maximum atomic E-state index is 12.3. The molecule has 0 bridgehead atoms. The van der Waals surface area contributed by atoms with Crippen molar-refractivity contribution in [1.82, 2.24) is 4.90 Å². The van der Waals surface area contributed by atoms with E-state index in [0.29, 0.717) is 35.4 Å². The number of halogens is 2. The van der Waals surface area contributed by atoms with E-state index in [9.17, 15) is 4.79 Å². The molecule has 1 saturated heterocycles. The molecule has 1 unspecified atom stereocenters. The molecule has 1 amide bonds. The van der Waals surface area contributed by atoms with E-state index >= 15 is 0 Å². The molecule has 0 spiro atoms. The predicted molar refractivity (Wildman–Crippen MR) is 101 cm³/mol. The molecule has 4 nitrogen and oxygen atoms in total. The Morgan fingerprint density at radius 2 is 2.04 bits per heavy atom. The molecule has 1 aliphatic rings. The fourth-order valence-corrected chi connectivity index (χ4v) is 3.26. The van der Waals surface area contributed by atoms with Crippen LogP contribution in [-0.4, -0.2) is 37.0 Å². The van der Waals surface area contributed by atoms with Crippen LogP contribution >= 0.6 is 23.2 Å². The van der Waals surface area contributed by atoms with Gasteiger partial charge >= 0.3 is 0 Å². The lowest BCUT2D eigenvalue weighted by Crippen LogP contribution is -2.42. The second-order valence-electron chi connectivity index (χ2n) is 6.13. The third kappa shape index (κ3) is 4.73. The molecule has 3 rings (SSSR count). The van der Waals surface area contributed by atoms with Gasteiger partial charge in [-0.3, -0.25) is 9.69 Å². The second kappa shape index (κ2) is 8.19. The van der Waals surface area contributed by atoms with Gasteiger partial charge in [0, 0.05) is 18.8 Å². The molecule has 1 N–H and O–H groups in total. The van der Waals surface area contributed by atoms with Crippen LogP contribution in [0.3, 0.4) is 0 Å². The van der Waals surface area contributed by atoms with Gasteiger partial charge in [-0.15, -0.1) is 0 Å². The molecule has 0 aromatic heterocycles. The first-order valence-corrected chi connectivity index (χ1v) is 8.93. The van der Waals surface area contributed by atoms with Crippen LogP contribution in [-0.2, 0) is 9.53 Å². The quantitative estimate of drug-likeness (QED) is 0.861. The fourth-order valence-electron chi connectivity index (χ4n) is 2.96. The summed E-state index contributed by atoms with van der Waals surface area (Å²) in [6.07, 6.45) is -0.00673. The van der Waals surface area contributed by atoms with Gasteiger partial charge in [0.25, 0.3) is 0 Å². The zero-order chi connectivity index (χ0) is 17.8. The Morgan fingerprint density at radius 1 is 1.24 bits per heavy atom. The summed E-state index contributed by atoms with van der Waals surface area (Å²) in [7, 11) is 0. The Bertz CT molecular complexity index is 767. The smallest absolute Gasteiger partial charge is 0.238 e. The van der Waals surface area contributed by atoms with E-state index in [2.05, 4.69) is 29.3 Å². The topological polar surface area (TPSA) is 41.6 Å².